The van der Waals surface area contributed by atoms with E-state index in [-0.39, 0.29) is 0 Å². The van der Waals surface area contributed by atoms with Gasteiger partial charge in [0.1, 0.15) is 0 Å². The van der Waals surface area contributed by atoms with Crippen LogP contribution in [0.1, 0.15) is 0 Å². The van der Waals surface area contributed by atoms with Gasteiger partial charge in [0.2, 0.25) is 0 Å². The number of alkyl halides is 3. The van der Waals surface area contributed by atoms with Crippen molar-refractivity contribution < 1.29 is 23.3 Å². The summed E-state index contributed by atoms with van der Waals surface area (Å²) in [4.78, 5) is 9.57. The van der Waals surface area contributed by atoms with Crippen LogP contribution in [-0.4, -0.2) is 36.8 Å². The quantitative estimate of drug-likeness (QED) is 0.637. The maximum absolute atomic E-state index is 11.1. The van der Waals surface area contributed by atoms with Crippen LogP contribution in [0, 0.1) is 0 Å². The molecule has 0 N–H and O–H groups in total. The number of hydrogen-bond donors (Lipinski definition) is 0. The summed E-state index contributed by atoms with van der Waals surface area (Å²) in [5, 5.41) is 0. The summed E-state index contributed by atoms with van der Waals surface area (Å²) in [6, 6.07) is 0. The molecule has 0 rings (SSSR count). The Morgan fingerprint density at radius 2 is 1.89 bits per heavy atom. The molecule has 0 atom stereocenters. The van der Waals surface area contributed by atoms with Gasteiger partial charge in [-0.1, -0.05) is 0 Å². The maximum atomic E-state index is 11.1. The summed E-state index contributed by atoms with van der Waals surface area (Å²) in [7, 11) is 0. The molecule has 0 aliphatic carbocycles. The number of carbonyl (C=O) groups excluding carboxylic acids is 1. The van der Waals surface area contributed by atoms with Crippen LogP contribution < -0.4 is 0 Å². The molecule has 0 saturated heterocycles. The Kier molecular flexibility index (Phi) is 3.22. The van der Waals surface area contributed by atoms with Crippen molar-refractivity contribution >= 4 is 30.7 Å². The van der Waals surface area contributed by atoms with E-state index >= 15 is 0 Å². The van der Waals surface area contributed by atoms with Crippen molar-refractivity contribution in [2.24, 2.45) is 0 Å². The second-order valence-electron chi connectivity index (χ2n) is 0.999. The zero-order valence-corrected chi connectivity index (χ0v) is 8.42. The van der Waals surface area contributed by atoms with Crippen molar-refractivity contribution in [1.82, 2.24) is 0 Å². The zero-order chi connectivity index (χ0) is 7.49. The van der Waals surface area contributed by atoms with Gasteiger partial charge in [-0.2, -0.15) is 0 Å². The first-order chi connectivity index (χ1) is 3.98. The Morgan fingerprint density at radius 1 is 1.44 bits per heavy atom. The third kappa shape index (κ3) is 3.54. The fourth-order valence-corrected chi connectivity index (χ4v) is 0.970. The first-order valence-electron chi connectivity index (χ1n) is 1.70. The molecule has 0 unspecified atom stereocenters. The predicted molar refractivity (Wildman–Crippen MR) is 18.6 cm³/mol. The molecule has 0 heterocycles. The van der Waals surface area contributed by atoms with E-state index in [1.165, 1.54) is 0 Å². The van der Waals surface area contributed by atoms with Gasteiger partial charge >= 0.3 is 60.2 Å². The van der Waals surface area contributed by atoms with Crippen LogP contribution in [0.4, 0.5) is 13.2 Å². The van der Waals surface area contributed by atoms with Gasteiger partial charge < -0.3 is 0 Å². The minimum atomic E-state index is -5.00. The van der Waals surface area contributed by atoms with E-state index in [1.807, 2.05) is 0 Å². The van der Waals surface area contributed by atoms with Gasteiger partial charge in [-0.25, -0.2) is 0 Å². The van der Waals surface area contributed by atoms with Crippen LogP contribution in [0.3, 0.4) is 0 Å². The summed E-state index contributed by atoms with van der Waals surface area (Å²) < 4.78 is 45.9. The van der Waals surface area contributed by atoms with Gasteiger partial charge in [0.15, 0.2) is 0 Å². The second kappa shape index (κ2) is 3.23. The monoisotopic (exact) mass is 334 g/mol. The zero-order valence-electron chi connectivity index (χ0n) is 3.94. The molecule has 0 saturated carbocycles. The standard InChI is InChI=1S/C2HF3O2.O.Tl/c3-2(4,5)1(6)7;;/h(H,6,7);;/q;;+1/p-1. The van der Waals surface area contributed by atoms with E-state index < -0.39 is 36.8 Å². The molecule has 0 aromatic rings. The SMILES string of the molecule is [O]=[Tl][O]C(=O)C(F)(F)F. The fourth-order valence-electron chi connectivity index (χ4n) is 0.111. The first kappa shape index (κ1) is 8.98. The molecule has 0 amide bonds. The van der Waals surface area contributed by atoms with E-state index in [0.29, 0.717) is 0 Å². The van der Waals surface area contributed by atoms with Crippen molar-refractivity contribution in [2.75, 3.05) is 0 Å². The van der Waals surface area contributed by atoms with Crippen molar-refractivity contribution in [3.8, 4) is 0 Å². The Labute approximate surface area is 60.5 Å². The third-order valence-corrected chi connectivity index (χ3v) is 1.59. The number of halogens is 3. The molecule has 50 valence electrons. The Hall–Kier alpha value is -0.0179. The molecule has 9 heavy (non-hydrogen) atoms. The second-order valence-corrected chi connectivity index (χ2v) is 2.66. The topological polar surface area (TPSA) is 43.4 Å². The number of carbonyl (C=O) groups is 1. The van der Waals surface area contributed by atoms with Crippen LogP contribution in [0.2, 0.25) is 0 Å². The average Bonchev–Trinajstić information content (AvgIpc) is 1.64. The van der Waals surface area contributed by atoms with Crippen LogP contribution in [-0.2, 0) is 10.2 Å². The predicted octanol–water partition coefficient (Wildman–Crippen LogP) is 0.0566. The molecule has 0 fully saturated rings. The molecule has 0 bridgehead atoms. The van der Waals surface area contributed by atoms with Crippen molar-refractivity contribution in [1.29, 1.82) is 0 Å². The van der Waals surface area contributed by atoms with Crippen LogP contribution in [0.25, 0.3) is 0 Å². The summed E-state index contributed by atoms with van der Waals surface area (Å²) in [5.41, 5.74) is 0. The van der Waals surface area contributed by atoms with Gasteiger partial charge in [-0.05, 0) is 0 Å². The Bertz CT molecular complexity index is 130. The molecule has 0 aliphatic heterocycles. The van der Waals surface area contributed by atoms with Crippen LogP contribution >= 0.6 is 0 Å². The summed E-state index contributed by atoms with van der Waals surface area (Å²) >= 11 is -3.05. The van der Waals surface area contributed by atoms with E-state index in [9.17, 15) is 20.7 Å². The Morgan fingerprint density at radius 3 is 2.00 bits per heavy atom. The molecule has 7 heteroatoms. The number of hydrogen-bond acceptors (Lipinski definition) is 3. The van der Waals surface area contributed by atoms with E-state index in [0.717, 1.165) is 0 Å². The molecular weight excluding hydrogens is 333 g/mol. The molecular formula is C2F3O3Tl. The normalized spacial score (nSPS) is 10.1. The van der Waals surface area contributed by atoms with Crippen LogP contribution in [0.15, 0.2) is 0 Å². The first-order valence-corrected chi connectivity index (χ1v) is 5.36. The van der Waals surface area contributed by atoms with E-state index in [4.69, 9.17) is 0 Å². The number of rotatable bonds is 1. The van der Waals surface area contributed by atoms with Gasteiger partial charge in [0.05, 0.1) is 0 Å². The molecule has 0 aromatic heterocycles. The van der Waals surface area contributed by atoms with Gasteiger partial charge in [0, 0.05) is 0 Å². The van der Waals surface area contributed by atoms with E-state index in [1.54, 1.807) is 0 Å². The van der Waals surface area contributed by atoms with Gasteiger partial charge in [-0.15, -0.1) is 0 Å². The molecule has 0 spiro atoms. The van der Waals surface area contributed by atoms with Crippen molar-refractivity contribution in [2.45, 2.75) is 6.18 Å². The van der Waals surface area contributed by atoms with Gasteiger partial charge in [0.25, 0.3) is 0 Å². The third-order valence-electron chi connectivity index (χ3n) is 0.387. The van der Waals surface area contributed by atoms with Crippen molar-refractivity contribution in [3.05, 3.63) is 0 Å². The summed E-state index contributed by atoms with van der Waals surface area (Å²) in [6.45, 7) is 0. The van der Waals surface area contributed by atoms with E-state index in [2.05, 4.69) is 2.69 Å². The summed E-state index contributed by atoms with van der Waals surface area (Å²) in [5.74, 6) is -2.35. The fraction of sp³-hybridized carbons (Fsp3) is 0.500. The average molecular weight is 333 g/mol. The summed E-state index contributed by atoms with van der Waals surface area (Å²) in [6.07, 6.45) is -5.00. The van der Waals surface area contributed by atoms with Crippen LogP contribution in [0.5, 0.6) is 0 Å². The van der Waals surface area contributed by atoms with Crippen molar-refractivity contribution in [3.63, 3.8) is 0 Å². The Balaban J connectivity index is 3.88. The molecule has 0 aromatic carbocycles. The molecule has 0 radical (unpaired) electrons. The molecule has 3 nitrogen and oxygen atoms in total. The molecule has 0 aliphatic rings. The minimum absolute atomic E-state index is 2.35. The van der Waals surface area contributed by atoms with Gasteiger partial charge in [-0.3, -0.25) is 0 Å².